The summed E-state index contributed by atoms with van der Waals surface area (Å²) in [4.78, 5) is 0. The van der Waals surface area contributed by atoms with Crippen molar-refractivity contribution in [1.82, 2.24) is 0 Å². The molecule has 6 aromatic rings. The van der Waals surface area contributed by atoms with Gasteiger partial charge < -0.3 is 13.7 Å². The Kier molecular flexibility index (Phi) is 5.01. The molecule has 0 bridgehead atoms. The SMILES string of the molecule is CC(C)C1OB(c2cccc3ccc(-c4ccc5cc6oc7ccccc7c6cc5c4)cc23)OC1(C)C. The van der Waals surface area contributed by atoms with Gasteiger partial charge in [-0.05, 0) is 88.2 Å². The molecule has 2 heterocycles. The van der Waals surface area contributed by atoms with Crippen molar-refractivity contribution in [2.75, 3.05) is 0 Å². The van der Waals surface area contributed by atoms with Gasteiger partial charge in [-0.3, -0.25) is 0 Å². The zero-order valence-corrected chi connectivity index (χ0v) is 21.6. The molecule has 1 unspecified atom stereocenters. The van der Waals surface area contributed by atoms with Gasteiger partial charge in [-0.1, -0.05) is 74.5 Å². The Labute approximate surface area is 217 Å². The highest BCUT2D eigenvalue weighted by atomic mass is 16.7. The van der Waals surface area contributed by atoms with Crippen molar-refractivity contribution in [3.8, 4) is 11.1 Å². The van der Waals surface area contributed by atoms with Crippen LogP contribution in [0.1, 0.15) is 27.7 Å². The first-order chi connectivity index (χ1) is 17.9. The van der Waals surface area contributed by atoms with E-state index < -0.39 is 0 Å². The fourth-order valence-corrected chi connectivity index (χ4v) is 6.09. The Morgan fingerprint density at radius 3 is 2.27 bits per heavy atom. The second-order valence-corrected chi connectivity index (χ2v) is 11.1. The van der Waals surface area contributed by atoms with Crippen LogP contribution in [0.4, 0.5) is 0 Å². The average Bonchev–Trinajstić information content (AvgIpc) is 3.42. The third-order valence-corrected chi connectivity index (χ3v) is 7.81. The van der Waals surface area contributed by atoms with Gasteiger partial charge in [-0.15, -0.1) is 0 Å². The first-order valence-electron chi connectivity index (χ1n) is 13.1. The summed E-state index contributed by atoms with van der Waals surface area (Å²) in [6.07, 6.45) is 0.0484. The summed E-state index contributed by atoms with van der Waals surface area (Å²) in [6, 6.07) is 32.4. The molecule has 37 heavy (non-hydrogen) atoms. The predicted octanol–water partition coefficient (Wildman–Crippen LogP) is 8.10. The molecule has 0 spiro atoms. The fourth-order valence-electron chi connectivity index (χ4n) is 6.09. The lowest BCUT2D eigenvalue weighted by atomic mass is 9.75. The van der Waals surface area contributed by atoms with Crippen LogP contribution < -0.4 is 5.46 Å². The Bertz CT molecular complexity index is 1810. The van der Waals surface area contributed by atoms with Gasteiger partial charge in [0.25, 0.3) is 0 Å². The maximum Gasteiger partial charge on any atom is 0.495 e. The predicted molar refractivity (Wildman–Crippen MR) is 154 cm³/mol. The fraction of sp³-hybridized carbons (Fsp3) is 0.212. The van der Waals surface area contributed by atoms with Crippen LogP contribution >= 0.6 is 0 Å². The average molecular weight is 484 g/mol. The molecule has 0 aliphatic carbocycles. The minimum absolute atomic E-state index is 0.0484. The molecule has 0 saturated carbocycles. The molecular formula is C33H29BO3. The van der Waals surface area contributed by atoms with Gasteiger partial charge >= 0.3 is 7.12 Å². The summed E-state index contributed by atoms with van der Waals surface area (Å²) in [7, 11) is -0.374. The Hall–Kier alpha value is -3.60. The molecule has 1 aliphatic heterocycles. The van der Waals surface area contributed by atoms with Gasteiger partial charge in [-0.2, -0.15) is 0 Å². The molecule has 0 N–H and O–H groups in total. The molecule has 1 fully saturated rings. The molecule has 1 aliphatic rings. The van der Waals surface area contributed by atoms with Crippen molar-refractivity contribution in [3.05, 3.63) is 91.0 Å². The topological polar surface area (TPSA) is 31.6 Å². The Morgan fingerprint density at radius 1 is 0.676 bits per heavy atom. The number of furan rings is 1. The molecule has 1 saturated heterocycles. The lowest BCUT2D eigenvalue weighted by Crippen LogP contribution is -2.37. The van der Waals surface area contributed by atoms with Crippen molar-refractivity contribution in [2.45, 2.75) is 39.4 Å². The van der Waals surface area contributed by atoms with E-state index in [1.807, 2.05) is 12.1 Å². The van der Waals surface area contributed by atoms with Gasteiger partial charge in [0.2, 0.25) is 0 Å². The van der Waals surface area contributed by atoms with Gasteiger partial charge in [0.1, 0.15) is 11.2 Å². The van der Waals surface area contributed by atoms with E-state index in [0.717, 1.165) is 27.4 Å². The molecular weight excluding hydrogens is 455 g/mol. The van der Waals surface area contributed by atoms with Crippen LogP contribution in [-0.2, 0) is 9.31 Å². The second-order valence-electron chi connectivity index (χ2n) is 11.1. The van der Waals surface area contributed by atoms with Crippen LogP contribution in [0.15, 0.2) is 95.4 Å². The summed E-state index contributed by atoms with van der Waals surface area (Å²) in [5.74, 6) is 0.377. The van der Waals surface area contributed by atoms with E-state index in [4.69, 9.17) is 13.7 Å². The lowest BCUT2D eigenvalue weighted by Gasteiger charge is -2.28. The van der Waals surface area contributed by atoms with E-state index in [-0.39, 0.29) is 18.8 Å². The molecule has 1 aromatic heterocycles. The van der Waals surface area contributed by atoms with Crippen molar-refractivity contribution in [1.29, 1.82) is 0 Å². The summed E-state index contributed by atoms with van der Waals surface area (Å²) >= 11 is 0. The van der Waals surface area contributed by atoms with Crippen LogP contribution in [0.2, 0.25) is 0 Å². The largest absolute Gasteiger partial charge is 0.495 e. The molecule has 5 aromatic carbocycles. The summed E-state index contributed by atoms with van der Waals surface area (Å²) in [5.41, 5.74) is 4.97. The lowest BCUT2D eigenvalue weighted by molar-refractivity contribution is 0.0438. The highest BCUT2D eigenvalue weighted by Gasteiger charge is 2.47. The number of fused-ring (bicyclic) bond motifs is 5. The van der Waals surface area contributed by atoms with Crippen LogP contribution in [0.3, 0.4) is 0 Å². The monoisotopic (exact) mass is 484 g/mol. The minimum atomic E-state index is -0.374. The number of benzene rings is 5. The van der Waals surface area contributed by atoms with E-state index >= 15 is 0 Å². The third-order valence-electron chi connectivity index (χ3n) is 7.81. The highest BCUT2D eigenvalue weighted by molar-refractivity contribution is 6.65. The third kappa shape index (κ3) is 3.67. The van der Waals surface area contributed by atoms with E-state index in [0.29, 0.717) is 5.92 Å². The number of hydrogen-bond acceptors (Lipinski definition) is 3. The Morgan fingerprint density at radius 2 is 1.46 bits per heavy atom. The maximum atomic E-state index is 6.47. The first kappa shape index (κ1) is 22.6. The second kappa shape index (κ2) is 8.21. The van der Waals surface area contributed by atoms with E-state index in [9.17, 15) is 0 Å². The number of para-hydroxylation sites is 1. The summed E-state index contributed by atoms with van der Waals surface area (Å²) in [5, 5.41) is 7.03. The molecule has 1 atom stereocenters. The maximum absolute atomic E-state index is 6.47. The van der Waals surface area contributed by atoms with E-state index in [1.165, 1.54) is 32.7 Å². The normalized spacial score (nSPS) is 17.6. The van der Waals surface area contributed by atoms with E-state index in [2.05, 4.69) is 107 Å². The molecule has 7 rings (SSSR count). The minimum Gasteiger partial charge on any atom is -0.456 e. The number of rotatable bonds is 3. The van der Waals surface area contributed by atoms with Crippen molar-refractivity contribution in [3.63, 3.8) is 0 Å². The van der Waals surface area contributed by atoms with Crippen LogP contribution in [0.5, 0.6) is 0 Å². The van der Waals surface area contributed by atoms with Gasteiger partial charge in [0.05, 0.1) is 11.7 Å². The molecule has 182 valence electrons. The van der Waals surface area contributed by atoms with E-state index in [1.54, 1.807) is 0 Å². The van der Waals surface area contributed by atoms with Crippen molar-refractivity contribution < 1.29 is 13.7 Å². The summed E-state index contributed by atoms with van der Waals surface area (Å²) in [6.45, 7) is 8.64. The highest BCUT2D eigenvalue weighted by Crippen LogP contribution is 2.35. The zero-order chi connectivity index (χ0) is 25.3. The van der Waals surface area contributed by atoms with Gasteiger partial charge in [0, 0.05) is 10.8 Å². The molecule has 3 nitrogen and oxygen atoms in total. The van der Waals surface area contributed by atoms with Gasteiger partial charge in [-0.25, -0.2) is 0 Å². The molecule has 0 amide bonds. The summed E-state index contributed by atoms with van der Waals surface area (Å²) < 4.78 is 19.0. The zero-order valence-electron chi connectivity index (χ0n) is 21.6. The van der Waals surface area contributed by atoms with Crippen LogP contribution in [-0.4, -0.2) is 18.8 Å². The standard InChI is InChI=1S/C33H29BO3/c1-20(2)32-33(3,4)37-34(36-32)29-10-7-8-21-12-13-23(17-27(21)29)22-14-15-24-19-31-28(18-25(24)16-22)26-9-5-6-11-30(26)35-31/h5-20,32H,1-4H3. The van der Waals surface area contributed by atoms with Crippen molar-refractivity contribution >= 4 is 56.1 Å². The van der Waals surface area contributed by atoms with Crippen molar-refractivity contribution in [2.24, 2.45) is 5.92 Å². The molecule has 4 heteroatoms. The molecule has 0 radical (unpaired) electrons. The number of hydrogen-bond donors (Lipinski definition) is 0. The Balaban J connectivity index is 1.33. The van der Waals surface area contributed by atoms with Gasteiger partial charge in [0.15, 0.2) is 0 Å². The quantitative estimate of drug-likeness (QED) is 0.238. The van der Waals surface area contributed by atoms with Crippen LogP contribution in [0, 0.1) is 5.92 Å². The smallest absolute Gasteiger partial charge is 0.456 e. The van der Waals surface area contributed by atoms with Crippen LogP contribution in [0.25, 0.3) is 54.6 Å². The first-order valence-corrected chi connectivity index (χ1v) is 13.1.